The molecule has 0 spiro atoms. The van der Waals surface area contributed by atoms with Gasteiger partial charge in [0.05, 0.1) is 23.8 Å². The van der Waals surface area contributed by atoms with Crippen LogP contribution >= 0.6 is 15.9 Å². The lowest BCUT2D eigenvalue weighted by Crippen LogP contribution is -2.23. The molecule has 0 aliphatic rings. The summed E-state index contributed by atoms with van der Waals surface area (Å²) in [5.41, 5.74) is 7.14. The van der Waals surface area contributed by atoms with Crippen molar-refractivity contribution in [2.75, 3.05) is 0 Å². The van der Waals surface area contributed by atoms with Gasteiger partial charge in [-0.15, -0.1) is 0 Å². The van der Waals surface area contributed by atoms with Crippen LogP contribution in [0.5, 0.6) is 0 Å². The van der Waals surface area contributed by atoms with Gasteiger partial charge in [0, 0.05) is 4.47 Å². The molecule has 1 aromatic carbocycles. The SMILES string of the molecule is C[C@@H](O)[C@H](N)c1ccc(C#N)cc1Br. The standard InChI is InChI=1S/C10H11BrN2O/c1-6(14)10(13)8-3-2-7(5-12)4-9(8)11/h2-4,6,10,14H,13H2,1H3/t6-,10+/m1/s1. The number of hydrogen-bond acceptors (Lipinski definition) is 3. The smallest absolute Gasteiger partial charge is 0.0992 e. The molecule has 2 atom stereocenters. The van der Waals surface area contributed by atoms with Gasteiger partial charge in [0.2, 0.25) is 0 Å². The van der Waals surface area contributed by atoms with E-state index in [0.717, 1.165) is 10.0 Å². The Morgan fingerprint density at radius 2 is 2.21 bits per heavy atom. The Morgan fingerprint density at radius 3 is 2.64 bits per heavy atom. The largest absolute Gasteiger partial charge is 0.391 e. The van der Waals surface area contributed by atoms with Crippen LogP contribution in [-0.2, 0) is 0 Å². The van der Waals surface area contributed by atoms with Crippen molar-refractivity contribution in [1.29, 1.82) is 5.26 Å². The summed E-state index contributed by atoms with van der Waals surface area (Å²) >= 11 is 3.31. The Labute approximate surface area is 91.3 Å². The molecule has 74 valence electrons. The fraction of sp³-hybridized carbons (Fsp3) is 0.300. The van der Waals surface area contributed by atoms with Crippen LogP contribution in [0.1, 0.15) is 24.1 Å². The van der Waals surface area contributed by atoms with Gasteiger partial charge in [-0.05, 0) is 24.6 Å². The summed E-state index contributed by atoms with van der Waals surface area (Å²) in [5, 5.41) is 18.0. The van der Waals surface area contributed by atoms with Gasteiger partial charge in [-0.25, -0.2) is 0 Å². The van der Waals surface area contributed by atoms with E-state index >= 15 is 0 Å². The minimum absolute atomic E-state index is 0.433. The van der Waals surface area contributed by atoms with Crippen LogP contribution in [-0.4, -0.2) is 11.2 Å². The third-order valence-electron chi connectivity index (χ3n) is 2.01. The van der Waals surface area contributed by atoms with Gasteiger partial charge in [0.1, 0.15) is 0 Å². The highest BCUT2D eigenvalue weighted by atomic mass is 79.9. The minimum atomic E-state index is -0.612. The Kier molecular flexibility index (Phi) is 3.64. The van der Waals surface area contributed by atoms with Crippen LogP contribution in [0.15, 0.2) is 22.7 Å². The molecule has 0 fully saturated rings. The first-order valence-corrected chi connectivity index (χ1v) is 4.98. The molecule has 0 aliphatic carbocycles. The zero-order valence-electron chi connectivity index (χ0n) is 7.74. The van der Waals surface area contributed by atoms with Gasteiger partial charge in [-0.3, -0.25) is 0 Å². The van der Waals surface area contributed by atoms with Crippen molar-refractivity contribution >= 4 is 15.9 Å². The van der Waals surface area contributed by atoms with Crippen LogP contribution in [0.4, 0.5) is 0 Å². The zero-order chi connectivity index (χ0) is 10.7. The number of rotatable bonds is 2. The predicted molar refractivity (Wildman–Crippen MR) is 57.5 cm³/mol. The zero-order valence-corrected chi connectivity index (χ0v) is 9.32. The van der Waals surface area contributed by atoms with Gasteiger partial charge < -0.3 is 10.8 Å². The second kappa shape index (κ2) is 4.56. The van der Waals surface area contributed by atoms with Gasteiger partial charge in [0.15, 0.2) is 0 Å². The fourth-order valence-corrected chi connectivity index (χ4v) is 1.77. The first-order valence-electron chi connectivity index (χ1n) is 4.19. The van der Waals surface area contributed by atoms with Gasteiger partial charge in [-0.1, -0.05) is 22.0 Å². The third kappa shape index (κ3) is 2.32. The maximum Gasteiger partial charge on any atom is 0.0992 e. The monoisotopic (exact) mass is 254 g/mol. The molecule has 1 aromatic rings. The average molecular weight is 255 g/mol. The summed E-state index contributed by atoms with van der Waals surface area (Å²) in [5.74, 6) is 0. The van der Waals surface area contributed by atoms with Crippen LogP contribution < -0.4 is 5.73 Å². The van der Waals surface area contributed by atoms with Gasteiger partial charge in [0.25, 0.3) is 0 Å². The van der Waals surface area contributed by atoms with E-state index in [1.54, 1.807) is 25.1 Å². The Hall–Kier alpha value is -0.890. The number of halogens is 1. The van der Waals surface area contributed by atoms with E-state index in [0.29, 0.717) is 5.56 Å². The van der Waals surface area contributed by atoms with Crippen molar-refractivity contribution < 1.29 is 5.11 Å². The predicted octanol–water partition coefficient (Wildman–Crippen LogP) is 1.70. The second-order valence-corrected chi connectivity index (χ2v) is 3.97. The Bertz CT molecular complexity index is 371. The first-order chi connectivity index (χ1) is 6.56. The van der Waals surface area contributed by atoms with E-state index in [4.69, 9.17) is 11.0 Å². The number of nitrogens with two attached hydrogens (primary N) is 1. The quantitative estimate of drug-likeness (QED) is 0.844. The highest BCUT2D eigenvalue weighted by Gasteiger charge is 2.14. The van der Waals surface area contributed by atoms with Crippen molar-refractivity contribution in [2.45, 2.75) is 19.1 Å². The van der Waals surface area contributed by atoms with Crippen molar-refractivity contribution in [1.82, 2.24) is 0 Å². The maximum absolute atomic E-state index is 9.31. The molecule has 1 rings (SSSR count). The molecule has 0 unspecified atom stereocenters. The number of aliphatic hydroxyl groups is 1. The van der Waals surface area contributed by atoms with Gasteiger partial charge in [-0.2, -0.15) is 5.26 Å². The number of benzene rings is 1. The van der Waals surface area contributed by atoms with E-state index in [1.165, 1.54) is 0 Å². The lowest BCUT2D eigenvalue weighted by Gasteiger charge is -2.16. The maximum atomic E-state index is 9.31. The normalized spacial score (nSPS) is 14.5. The molecule has 0 aliphatic heterocycles. The molecule has 3 nitrogen and oxygen atoms in total. The van der Waals surface area contributed by atoms with Crippen LogP contribution in [0.3, 0.4) is 0 Å². The molecule has 0 saturated heterocycles. The molecule has 0 aromatic heterocycles. The van der Waals surface area contributed by atoms with Crippen LogP contribution in [0.25, 0.3) is 0 Å². The fourth-order valence-electron chi connectivity index (χ4n) is 1.13. The number of hydrogen-bond donors (Lipinski definition) is 2. The van der Waals surface area contributed by atoms with E-state index in [1.807, 2.05) is 6.07 Å². The molecule has 14 heavy (non-hydrogen) atoms. The van der Waals surface area contributed by atoms with E-state index in [-0.39, 0.29) is 0 Å². The molecular formula is C10H11BrN2O. The lowest BCUT2D eigenvalue weighted by atomic mass is 10.0. The Balaban J connectivity index is 3.07. The second-order valence-electron chi connectivity index (χ2n) is 3.11. The topological polar surface area (TPSA) is 70.0 Å². The summed E-state index contributed by atoms with van der Waals surface area (Å²) in [6, 6.07) is 6.72. The molecule has 3 N–H and O–H groups in total. The van der Waals surface area contributed by atoms with Gasteiger partial charge >= 0.3 is 0 Å². The molecule has 0 bridgehead atoms. The molecular weight excluding hydrogens is 244 g/mol. The highest BCUT2D eigenvalue weighted by molar-refractivity contribution is 9.10. The third-order valence-corrected chi connectivity index (χ3v) is 2.70. The summed E-state index contributed by atoms with van der Waals surface area (Å²) in [6.07, 6.45) is -0.612. The van der Waals surface area contributed by atoms with Crippen LogP contribution in [0.2, 0.25) is 0 Å². The van der Waals surface area contributed by atoms with Crippen molar-refractivity contribution in [3.05, 3.63) is 33.8 Å². The number of nitriles is 1. The minimum Gasteiger partial charge on any atom is -0.391 e. The first kappa shape index (κ1) is 11.2. The Morgan fingerprint density at radius 1 is 1.57 bits per heavy atom. The highest BCUT2D eigenvalue weighted by Crippen LogP contribution is 2.25. The molecule has 0 heterocycles. The van der Waals surface area contributed by atoms with Crippen molar-refractivity contribution in [2.24, 2.45) is 5.73 Å². The molecule has 0 amide bonds. The van der Waals surface area contributed by atoms with E-state index in [2.05, 4.69) is 15.9 Å². The van der Waals surface area contributed by atoms with E-state index < -0.39 is 12.1 Å². The molecule has 0 saturated carbocycles. The average Bonchev–Trinajstić information content (AvgIpc) is 2.16. The summed E-state index contributed by atoms with van der Waals surface area (Å²) in [7, 11) is 0. The summed E-state index contributed by atoms with van der Waals surface area (Å²) < 4.78 is 0.755. The van der Waals surface area contributed by atoms with Crippen molar-refractivity contribution in [3.8, 4) is 6.07 Å². The van der Waals surface area contributed by atoms with Crippen molar-refractivity contribution in [3.63, 3.8) is 0 Å². The molecule has 0 radical (unpaired) electrons. The van der Waals surface area contributed by atoms with E-state index in [9.17, 15) is 5.11 Å². The number of aliphatic hydroxyl groups excluding tert-OH is 1. The molecule has 4 heteroatoms. The summed E-state index contributed by atoms with van der Waals surface area (Å²) in [4.78, 5) is 0. The summed E-state index contributed by atoms with van der Waals surface area (Å²) in [6.45, 7) is 1.63. The van der Waals surface area contributed by atoms with Crippen LogP contribution in [0, 0.1) is 11.3 Å². The lowest BCUT2D eigenvalue weighted by molar-refractivity contribution is 0.164. The number of nitrogens with zero attached hydrogens (tertiary/aromatic N) is 1.